The van der Waals surface area contributed by atoms with Crippen LogP contribution >= 0.6 is 0 Å². The molecule has 5 heteroatoms. The molecule has 1 aliphatic heterocycles. The SMILES string of the molecule is COc1ccc(CCC(=O)N2C[C@@H](C)[C@H](C(=O)O)C2)cc1. The minimum atomic E-state index is -0.812. The van der Waals surface area contributed by atoms with Gasteiger partial charge in [-0.3, -0.25) is 9.59 Å². The minimum Gasteiger partial charge on any atom is -0.497 e. The number of rotatable bonds is 5. The van der Waals surface area contributed by atoms with Crippen molar-refractivity contribution in [1.29, 1.82) is 0 Å². The molecule has 0 unspecified atom stereocenters. The maximum Gasteiger partial charge on any atom is 0.308 e. The van der Waals surface area contributed by atoms with E-state index in [1.54, 1.807) is 12.0 Å². The van der Waals surface area contributed by atoms with Crippen molar-refractivity contribution in [3.8, 4) is 5.75 Å². The monoisotopic (exact) mass is 291 g/mol. The van der Waals surface area contributed by atoms with Crippen LogP contribution in [0.5, 0.6) is 5.75 Å². The summed E-state index contributed by atoms with van der Waals surface area (Å²) in [5.41, 5.74) is 1.08. The fourth-order valence-electron chi connectivity index (χ4n) is 2.69. The van der Waals surface area contributed by atoms with E-state index in [4.69, 9.17) is 9.84 Å². The van der Waals surface area contributed by atoms with Gasteiger partial charge in [-0.2, -0.15) is 0 Å². The molecule has 2 rings (SSSR count). The average Bonchev–Trinajstić information content (AvgIpc) is 2.87. The number of hydrogen-bond acceptors (Lipinski definition) is 3. The van der Waals surface area contributed by atoms with Gasteiger partial charge in [0, 0.05) is 19.5 Å². The van der Waals surface area contributed by atoms with Gasteiger partial charge in [0.25, 0.3) is 0 Å². The van der Waals surface area contributed by atoms with Crippen LogP contribution in [-0.4, -0.2) is 42.1 Å². The molecule has 1 amide bonds. The van der Waals surface area contributed by atoms with Crippen molar-refractivity contribution in [2.75, 3.05) is 20.2 Å². The third kappa shape index (κ3) is 3.74. The predicted octanol–water partition coefficient (Wildman–Crippen LogP) is 1.81. The highest BCUT2D eigenvalue weighted by Gasteiger charge is 2.36. The normalized spacial score (nSPS) is 21.3. The zero-order valence-corrected chi connectivity index (χ0v) is 12.4. The van der Waals surface area contributed by atoms with Crippen LogP contribution in [0.15, 0.2) is 24.3 Å². The van der Waals surface area contributed by atoms with E-state index in [0.29, 0.717) is 25.9 Å². The van der Waals surface area contributed by atoms with Crippen LogP contribution in [0.3, 0.4) is 0 Å². The molecule has 0 spiro atoms. The van der Waals surface area contributed by atoms with Crippen molar-refractivity contribution in [2.24, 2.45) is 11.8 Å². The smallest absolute Gasteiger partial charge is 0.308 e. The van der Waals surface area contributed by atoms with Gasteiger partial charge in [-0.1, -0.05) is 19.1 Å². The zero-order valence-electron chi connectivity index (χ0n) is 12.4. The molecule has 0 saturated carbocycles. The second kappa shape index (κ2) is 6.61. The van der Waals surface area contributed by atoms with Crippen LogP contribution in [0.2, 0.25) is 0 Å². The molecule has 2 atom stereocenters. The first-order valence-electron chi connectivity index (χ1n) is 7.14. The van der Waals surface area contributed by atoms with E-state index in [1.807, 2.05) is 31.2 Å². The molecule has 1 fully saturated rings. The molecule has 1 aromatic rings. The van der Waals surface area contributed by atoms with Gasteiger partial charge in [0.2, 0.25) is 5.91 Å². The number of likely N-dealkylation sites (tertiary alicyclic amines) is 1. The minimum absolute atomic E-state index is 0.0208. The number of ether oxygens (including phenoxy) is 1. The molecular formula is C16H21NO4. The number of carbonyl (C=O) groups is 2. The van der Waals surface area contributed by atoms with Crippen molar-refractivity contribution in [1.82, 2.24) is 4.90 Å². The Labute approximate surface area is 124 Å². The molecule has 0 bridgehead atoms. The number of carboxylic acids is 1. The Hall–Kier alpha value is -2.04. The second-order valence-corrected chi connectivity index (χ2v) is 5.57. The summed E-state index contributed by atoms with van der Waals surface area (Å²) in [5.74, 6) is -0.403. The fourth-order valence-corrected chi connectivity index (χ4v) is 2.69. The number of aliphatic carboxylic acids is 1. The Morgan fingerprint density at radius 2 is 1.95 bits per heavy atom. The Kier molecular flexibility index (Phi) is 4.83. The van der Waals surface area contributed by atoms with Gasteiger partial charge >= 0.3 is 5.97 Å². The lowest BCUT2D eigenvalue weighted by molar-refractivity contribution is -0.142. The lowest BCUT2D eigenvalue weighted by Gasteiger charge is -2.15. The number of amides is 1. The van der Waals surface area contributed by atoms with Crippen LogP contribution in [-0.2, 0) is 16.0 Å². The van der Waals surface area contributed by atoms with Crippen molar-refractivity contribution in [3.63, 3.8) is 0 Å². The van der Waals surface area contributed by atoms with E-state index < -0.39 is 11.9 Å². The summed E-state index contributed by atoms with van der Waals surface area (Å²) in [5, 5.41) is 9.09. The van der Waals surface area contributed by atoms with E-state index in [-0.39, 0.29) is 11.8 Å². The van der Waals surface area contributed by atoms with Gasteiger partial charge in [0.1, 0.15) is 5.75 Å². The number of benzene rings is 1. The predicted molar refractivity (Wildman–Crippen MR) is 78.2 cm³/mol. The first kappa shape index (κ1) is 15.4. The molecule has 1 aliphatic rings. The molecule has 1 N–H and O–H groups in total. The van der Waals surface area contributed by atoms with E-state index in [0.717, 1.165) is 11.3 Å². The number of carboxylic acid groups (broad SMARTS) is 1. The van der Waals surface area contributed by atoms with Gasteiger partial charge in [-0.25, -0.2) is 0 Å². The molecule has 1 heterocycles. The molecule has 1 saturated heterocycles. The number of hydrogen-bond donors (Lipinski definition) is 1. The molecule has 1 aromatic carbocycles. The van der Waals surface area contributed by atoms with Crippen molar-refractivity contribution >= 4 is 11.9 Å². The number of methoxy groups -OCH3 is 1. The number of carbonyl (C=O) groups excluding carboxylic acids is 1. The highest BCUT2D eigenvalue weighted by molar-refractivity contribution is 5.79. The molecule has 21 heavy (non-hydrogen) atoms. The summed E-state index contributed by atoms with van der Waals surface area (Å²) in [4.78, 5) is 24.9. The van der Waals surface area contributed by atoms with Crippen LogP contribution < -0.4 is 4.74 Å². The van der Waals surface area contributed by atoms with E-state index in [1.165, 1.54) is 0 Å². The first-order valence-corrected chi connectivity index (χ1v) is 7.14. The number of nitrogens with zero attached hydrogens (tertiary/aromatic N) is 1. The van der Waals surface area contributed by atoms with E-state index >= 15 is 0 Å². The van der Waals surface area contributed by atoms with Crippen LogP contribution in [0.25, 0.3) is 0 Å². The summed E-state index contributed by atoms with van der Waals surface area (Å²) in [6.45, 7) is 2.76. The standard InChI is InChI=1S/C16H21NO4/c1-11-9-17(10-14(11)16(19)20)15(18)8-5-12-3-6-13(21-2)7-4-12/h3-4,6-7,11,14H,5,8-10H2,1-2H3,(H,19,20)/t11-,14-/m1/s1. The molecular weight excluding hydrogens is 270 g/mol. The van der Waals surface area contributed by atoms with Crippen LogP contribution in [0.1, 0.15) is 18.9 Å². The largest absolute Gasteiger partial charge is 0.497 e. The molecule has 5 nitrogen and oxygen atoms in total. The topological polar surface area (TPSA) is 66.8 Å². The molecule has 0 aromatic heterocycles. The Bertz CT molecular complexity index is 512. The summed E-state index contributed by atoms with van der Waals surface area (Å²) in [6.07, 6.45) is 1.07. The van der Waals surface area contributed by atoms with E-state index in [2.05, 4.69) is 0 Å². The van der Waals surface area contributed by atoms with Crippen LogP contribution in [0.4, 0.5) is 0 Å². The lowest BCUT2D eigenvalue weighted by Crippen LogP contribution is -2.30. The molecule has 0 aliphatic carbocycles. The Morgan fingerprint density at radius 1 is 1.29 bits per heavy atom. The third-order valence-corrected chi connectivity index (χ3v) is 4.07. The average molecular weight is 291 g/mol. The summed E-state index contributed by atoms with van der Waals surface area (Å²) < 4.78 is 5.09. The number of aryl methyl sites for hydroxylation is 1. The Morgan fingerprint density at radius 3 is 2.48 bits per heavy atom. The lowest BCUT2D eigenvalue weighted by atomic mass is 9.99. The summed E-state index contributed by atoms with van der Waals surface area (Å²) >= 11 is 0. The fraction of sp³-hybridized carbons (Fsp3) is 0.500. The van der Waals surface area contributed by atoms with Crippen LogP contribution in [0, 0.1) is 11.8 Å². The molecule has 114 valence electrons. The highest BCUT2D eigenvalue weighted by atomic mass is 16.5. The second-order valence-electron chi connectivity index (χ2n) is 5.57. The van der Waals surface area contributed by atoms with Gasteiger partial charge in [-0.05, 0) is 30.0 Å². The molecule has 0 radical (unpaired) electrons. The highest BCUT2D eigenvalue weighted by Crippen LogP contribution is 2.24. The van der Waals surface area contributed by atoms with E-state index in [9.17, 15) is 9.59 Å². The maximum absolute atomic E-state index is 12.2. The summed E-state index contributed by atoms with van der Waals surface area (Å²) in [6, 6.07) is 7.63. The zero-order chi connectivity index (χ0) is 15.4. The maximum atomic E-state index is 12.2. The third-order valence-electron chi connectivity index (χ3n) is 4.07. The van der Waals surface area contributed by atoms with Crippen molar-refractivity contribution in [3.05, 3.63) is 29.8 Å². The quantitative estimate of drug-likeness (QED) is 0.898. The first-order chi connectivity index (χ1) is 10.0. The van der Waals surface area contributed by atoms with Crippen molar-refractivity contribution < 1.29 is 19.4 Å². The van der Waals surface area contributed by atoms with Gasteiger partial charge in [0.15, 0.2) is 0 Å². The van der Waals surface area contributed by atoms with Gasteiger partial charge < -0.3 is 14.7 Å². The van der Waals surface area contributed by atoms with Gasteiger partial charge in [0.05, 0.1) is 13.0 Å². The van der Waals surface area contributed by atoms with Gasteiger partial charge in [-0.15, -0.1) is 0 Å². The van der Waals surface area contributed by atoms with Crippen molar-refractivity contribution in [2.45, 2.75) is 19.8 Å². The summed E-state index contributed by atoms with van der Waals surface area (Å²) in [7, 11) is 1.62. The Balaban J connectivity index is 1.86.